The Kier molecular flexibility index (Phi) is 5.73. The molecule has 0 aliphatic carbocycles. The van der Waals surface area contributed by atoms with Crippen molar-refractivity contribution in [3.05, 3.63) is 52.0 Å². The van der Waals surface area contributed by atoms with Crippen LogP contribution in [0.2, 0.25) is 5.02 Å². The molecule has 0 fully saturated rings. The lowest BCUT2D eigenvalue weighted by molar-refractivity contribution is -0.118. The van der Waals surface area contributed by atoms with E-state index in [1.807, 2.05) is 32.0 Å². The predicted molar refractivity (Wildman–Crippen MR) is 100.0 cm³/mol. The van der Waals surface area contributed by atoms with Crippen LogP contribution in [-0.4, -0.2) is 12.5 Å². The number of benzene rings is 2. The molecule has 0 heterocycles. The van der Waals surface area contributed by atoms with E-state index < -0.39 is 0 Å². The number of ether oxygens (including phenoxy) is 1. The molecule has 128 valence electrons. The minimum atomic E-state index is -0.263. The van der Waals surface area contributed by atoms with Crippen LogP contribution in [0.5, 0.6) is 5.75 Å². The Morgan fingerprint density at radius 3 is 2.58 bits per heavy atom. The number of halogens is 1. The molecule has 0 aromatic heterocycles. The fourth-order valence-corrected chi connectivity index (χ4v) is 2.81. The van der Waals surface area contributed by atoms with Crippen LogP contribution in [0, 0.1) is 13.8 Å². The molecule has 0 saturated carbocycles. The Labute approximate surface area is 148 Å². The molecule has 0 unspecified atom stereocenters. The number of hydrogen-bond donors (Lipinski definition) is 2. The Morgan fingerprint density at radius 1 is 1.25 bits per heavy atom. The van der Waals surface area contributed by atoms with Crippen LogP contribution < -0.4 is 15.8 Å². The normalized spacial score (nSPS) is 10.8. The number of nitrogens with two attached hydrogens (primary N) is 1. The van der Waals surface area contributed by atoms with E-state index in [1.165, 1.54) is 0 Å². The average Bonchev–Trinajstić information content (AvgIpc) is 2.48. The summed E-state index contributed by atoms with van der Waals surface area (Å²) in [4.78, 5) is 12.2. The van der Waals surface area contributed by atoms with E-state index in [-0.39, 0.29) is 12.5 Å². The van der Waals surface area contributed by atoms with Crippen molar-refractivity contribution in [2.24, 2.45) is 0 Å². The number of hydrogen-bond acceptors (Lipinski definition) is 3. The third kappa shape index (κ3) is 4.42. The van der Waals surface area contributed by atoms with Crippen molar-refractivity contribution in [1.29, 1.82) is 0 Å². The highest BCUT2D eigenvalue weighted by molar-refractivity contribution is 6.34. The smallest absolute Gasteiger partial charge is 0.262 e. The summed E-state index contributed by atoms with van der Waals surface area (Å²) in [6.45, 7) is 7.94. The molecule has 0 atom stereocenters. The standard InChI is InChI=1S/C19H23ClN2O2/c1-11(2)15-6-5-12(3)7-17(15)24-10-18(23)22-19-13(4)8-14(21)9-16(19)20/h5-9,11H,10,21H2,1-4H3,(H,22,23). The van der Waals surface area contributed by atoms with Gasteiger partial charge in [0, 0.05) is 5.69 Å². The summed E-state index contributed by atoms with van der Waals surface area (Å²) in [7, 11) is 0. The van der Waals surface area contributed by atoms with Crippen molar-refractivity contribution in [2.45, 2.75) is 33.6 Å². The highest BCUT2D eigenvalue weighted by Gasteiger charge is 2.13. The van der Waals surface area contributed by atoms with E-state index in [0.29, 0.717) is 22.3 Å². The van der Waals surface area contributed by atoms with Gasteiger partial charge in [-0.05, 0) is 54.7 Å². The fraction of sp³-hybridized carbons (Fsp3) is 0.316. The van der Waals surface area contributed by atoms with Gasteiger partial charge in [0.25, 0.3) is 5.91 Å². The summed E-state index contributed by atoms with van der Waals surface area (Å²) >= 11 is 6.15. The summed E-state index contributed by atoms with van der Waals surface area (Å²) in [6, 6.07) is 9.40. The largest absolute Gasteiger partial charge is 0.483 e. The van der Waals surface area contributed by atoms with Crippen molar-refractivity contribution in [2.75, 3.05) is 17.7 Å². The van der Waals surface area contributed by atoms with Gasteiger partial charge in [0.05, 0.1) is 10.7 Å². The number of carbonyl (C=O) groups is 1. The van der Waals surface area contributed by atoms with Crippen molar-refractivity contribution < 1.29 is 9.53 Å². The Hall–Kier alpha value is -2.20. The number of aryl methyl sites for hydroxylation is 2. The first-order chi connectivity index (χ1) is 11.3. The molecule has 0 saturated heterocycles. The third-order valence-electron chi connectivity index (χ3n) is 3.72. The summed E-state index contributed by atoms with van der Waals surface area (Å²) in [6.07, 6.45) is 0. The molecule has 2 aromatic rings. The Bertz CT molecular complexity index is 734. The van der Waals surface area contributed by atoms with E-state index >= 15 is 0 Å². The lowest BCUT2D eigenvalue weighted by Crippen LogP contribution is -2.21. The minimum Gasteiger partial charge on any atom is -0.483 e. The number of amides is 1. The topological polar surface area (TPSA) is 64.3 Å². The number of nitrogens with one attached hydrogen (secondary N) is 1. The first-order valence-corrected chi connectivity index (χ1v) is 8.24. The number of carbonyl (C=O) groups excluding carboxylic acids is 1. The van der Waals surface area contributed by atoms with Crippen LogP contribution in [0.3, 0.4) is 0 Å². The van der Waals surface area contributed by atoms with Crippen LogP contribution in [0.15, 0.2) is 30.3 Å². The zero-order valence-corrected chi connectivity index (χ0v) is 15.2. The maximum atomic E-state index is 12.2. The van der Waals surface area contributed by atoms with Gasteiger partial charge in [-0.25, -0.2) is 0 Å². The van der Waals surface area contributed by atoms with Crippen molar-refractivity contribution in [3.8, 4) is 5.75 Å². The fourth-order valence-electron chi connectivity index (χ4n) is 2.49. The number of anilines is 2. The van der Waals surface area contributed by atoms with Gasteiger partial charge in [0.2, 0.25) is 0 Å². The molecule has 24 heavy (non-hydrogen) atoms. The highest BCUT2D eigenvalue weighted by Crippen LogP contribution is 2.29. The van der Waals surface area contributed by atoms with E-state index in [9.17, 15) is 4.79 Å². The second-order valence-corrected chi connectivity index (χ2v) is 6.63. The lowest BCUT2D eigenvalue weighted by Gasteiger charge is -2.16. The monoisotopic (exact) mass is 346 g/mol. The molecule has 0 bridgehead atoms. The molecule has 5 heteroatoms. The van der Waals surface area contributed by atoms with E-state index in [0.717, 1.165) is 22.4 Å². The molecular formula is C19H23ClN2O2. The molecule has 3 N–H and O–H groups in total. The zero-order chi connectivity index (χ0) is 17.9. The van der Waals surface area contributed by atoms with E-state index in [1.54, 1.807) is 12.1 Å². The zero-order valence-electron chi connectivity index (χ0n) is 14.4. The predicted octanol–water partition coefficient (Wildman–Crippen LogP) is 4.68. The second kappa shape index (κ2) is 7.58. The van der Waals surface area contributed by atoms with Gasteiger partial charge in [-0.15, -0.1) is 0 Å². The highest BCUT2D eigenvalue weighted by atomic mass is 35.5. The maximum Gasteiger partial charge on any atom is 0.262 e. The van der Waals surface area contributed by atoms with Gasteiger partial charge in [-0.3, -0.25) is 4.79 Å². The van der Waals surface area contributed by atoms with E-state index in [2.05, 4.69) is 19.2 Å². The molecule has 1 amide bonds. The average molecular weight is 347 g/mol. The van der Waals surface area contributed by atoms with Crippen molar-refractivity contribution in [1.82, 2.24) is 0 Å². The molecule has 2 aromatic carbocycles. The second-order valence-electron chi connectivity index (χ2n) is 6.23. The maximum absolute atomic E-state index is 12.2. The van der Waals surface area contributed by atoms with Crippen LogP contribution in [0.25, 0.3) is 0 Å². The van der Waals surface area contributed by atoms with Gasteiger partial charge < -0.3 is 15.8 Å². The summed E-state index contributed by atoms with van der Waals surface area (Å²) < 4.78 is 5.74. The SMILES string of the molecule is Cc1ccc(C(C)C)c(OCC(=O)Nc2c(C)cc(N)cc2Cl)c1. The molecule has 0 spiro atoms. The summed E-state index contributed by atoms with van der Waals surface area (Å²) in [5, 5.41) is 3.20. The first kappa shape index (κ1) is 18.1. The van der Waals surface area contributed by atoms with Crippen molar-refractivity contribution >= 4 is 28.9 Å². The molecular weight excluding hydrogens is 324 g/mol. The number of rotatable bonds is 5. The van der Waals surface area contributed by atoms with Gasteiger partial charge in [-0.2, -0.15) is 0 Å². The van der Waals surface area contributed by atoms with Gasteiger partial charge in [-0.1, -0.05) is 37.6 Å². The Balaban J connectivity index is 2.08. The molecule has 4 nitrogen and oxygen atoms in total. The third-order valence-corrected chi connectivity index (χ3v) is 4.02. The summed E-state index contributed by atoms with van der Waals surface area (Å²) in [5.74, 6) is 0.790. The lowest BCUT2D eigenvalue weighted by atomic mass is 10.0. The molecule has 0 aliphatic heterocycles. The van der Waals surface area contributed by atoms with Crippen LogP contribution in [-0.2, 0) is 4.79 Å². The van der Waals surface area contributed by atoms with Crippen molar-refractivity contribution in [3.63, 3.8) is 0 Å². The number of nitrogen functional groups attached to an aromatic ring is 1. The van der Waals surface area contributed by atoms with Crippen LogP contribution >= 0.6 is 11.6 Å². The minimum absolute atomic E-state index is 0.0800. The van der Waals surface area contributed by atoms with Crippen LogP contribution in [0.4, 0.5) is 11.4 Å². The van der Waals surface area contributed by atoms with Gasteiger partial charge in [0.1, 0.15) is 5.75 Å². The first-order valence-electron chi connectivity index (χ1n) is 7.86. The molecule has 0 radical (unpaired) electrons. The molecule has 0 aliphatic rings. The van der Waals surface area contributed by atoms with E-state index in [4.69, 9.17) is 22.1 Å². The van der Waals surface area contributed by atoms with Gasteiger partial charge in [0.15, 0.2) is 6.61 Å². The van der Waals surface area contributed by atoms with Gasteiger partial charge >= 0.3 is 0 Å². The molecule has 2 rings (SSSR count). The summed E-state index contributed by atoms with van der Waals surface area (Å²) in [5.41, 5.74) is 9.84. The Morgan fingerprint density at radius 2 is 1.96 bits per heavy atom. The van der Waals surface area contributed by atoms with Crippen LogP contribution in [0.1, 0.15) is 36.5 Å². The quantitative estimate of drug-likeness (QED) is 0.772.